The maximum Gasteiger partial charge on any atom is 0.117 e. The van der Waals surface area contributed by atoms with E-state index in [-0.39, 0.29) is 0 Å². The number of hydrogen-bond acceptors (Lipinski definition) is 4. The van der Waals surface area contributed by atoms with E-state index in [0.29, 0.717) is 31.1 Å². The molecule has 1 aromatic carbocycles. The molecule has 0 radical (unpaired) electrons. The fraction of sp³-hybridized carbons (Fsp3) is 0.312. The van der Waals surface area contributed by atoms with Crippen LogP contribution in [0.25, 0.3) is 0 Å². The number of nitriles is 1. The van der Waals surface area contributed by atoms with Crippen molar-refractivity contribution in [1.29, 1.82) is 5.26 Å². The number of aliphatic hydroxyl groups is 1. The van der Waals surface area contributed by atoms with Gasteiger partial charge < -0.3 is 9.52 Å². The molecule has 0 bridgehead atoms. The van der Waals surface area contributed by atoms with Crippen molar-refractivity contribution in [1.82, 2.24) is 4.90 Å². The molecule has 1 atom stereocenters. The molecular formula is C16H17ClN2O2. The van der Waals surface area contributed by atoms with Crippen LogP contribution in [0.15, 0.2) is 47.1 Å². The van der Waals surface area contributed by atoms with Gasteiger partial charge in [-0.15, -0.1) is 0 Å². The predicted octanol–water partition coefficient (Wildman–Crippen LogP) is 3.38. The number of hydrogen-bond donors (Lipinski definition) is 1. The highest BCUT2D eigenvalue weighted by atomic mass is 35.5. The van der Waals surface area contributed by atoms with Crippen molar-refractivity contribution in [3.8, 4) is 6.07 Å². The predicted molar refractivity (Wildman–Crippen MR) is 80.6 cm³/mol. The molecule has 1 unspecified atom stereocenters. The molecule has 21 heavy (non-hydrogen) atoms. The molecule has 2 rings (SSSR count). The van der Waals surface area contributed by atoms with Crippen LogP contribution in [0.4, 0.5) is 0 Å². The van der Waals surface area contributed by atoms with Crippen molar-refractivity contribution in [3.05, 3.63) is 59.0 Å². The van der Waals surface area contributed by atoms with Gasteiger partial charge in [0.25, 0.3) is 0 Å². The van der Waals surface area contributed by atoms with Gasteiger partial charge in [-0.3, -0.25) is 4.90 Å². The van der Waals surface area contributed by atoms with Crippen LogP contribution in [-0.2, 0) is 6.54 Å². The summed E-state index contributed by atoms with van der Waals surface area (Å²) >= 11 is 5.84. The van der Waals surface area contributed by atoms with Gasteiger partial charge in [0.1, 0.15) is 5.76 Å². The first-order valence-electron chi connectivity index (χ1n) is 6.74. The van der Waals surface area contributed by atoms with Gasteiger partial charge in [-0.1, -0.05) is 23.7 Å². The van der Waals surface area contributed by atoms with E-state index in [1.807, 2.05) is 29.2 Å². The number of furan rings is 1. The average molecular weight is 305 g/mol. The summed E-state index contributed by atoms with van der Waals surface area (Å²) in [7, 11) is 0. The van der Waals surface area contributed by atoms with Crippen molar-refractivity contribution in [2.75, 3.05) is 13.1 Å². The Labute approximate surface area is 129 Å². The third-order valence-corrected chi connectivity index (χ3v) is 3.44. The van der Waals surface area contributed by atoms with Crippen LogP contribution in [0.1, 0.15) is 23.8 Å². The Hall–Kier alpha value is -1.80. The molecule has 0 aliphatic heterocycles. The Bertz CT molecular complexity index is 575. The topological polar surface area (TPSA) is 60.4 Å². The van der Waals surface area contributed by atoms with Gasteiger partial charge in [0.05, 0.1) is 25.0 Å². The van der Waals surface area contributed by atoms with E-state index < -0.39 is 6.10 Å². The highest BCUT2D eigenvalue weighted by Crippen LogP contribution is 2.18. The molecule has 0 saturated carbocycles. The largest absolute Gasteiger partial charge is 0.468 e. The summed E-state index contributed by atoms with van der Waals surface area (Å²) in [5.41, 5.74) is 0.806. The summed E-state index contributed by atoms with van der Waals surface area (Å²) < 4.78 is 5.32. The van der Waals surface area contributed by atoms with E-state index in [1.54, 1.807) is 18.4 Å². The summed E-state index contributed by atoms with van der Waals surface area (Å²) in [6.07, 6.45) is 1.40. The second kappa shape index (κ2) is 7.84. The van der Waals surface area contributed by atoms with Gasteiger partial charge in [0.2, 0.25) is 0 Å². The zero-order chi connectivity index (χ0) is 15.1. The van der Waals surface area contributed by atoms with Crippen LogP contribution in [-0.4, -0.2) is 23.1 Å². The zero-order valence-electron chi connectivity index (χ0n) is 11.6. The Morgan fingerprint density at radius 1 is 1.29 bits per heavy atom. The number of nitrogens with zero attached hydrogens (tertiary/aromatic N) is 2. The average Bonchev–Trinajstić information content (AvgIpc) is 2.98. The van der Waals surface area contributed by atoms with Gasteiger partial charge >= 0.3 is 0 Å². The Kier molecular flexibility index (Phi) is 5.82. The van der Waals surface area contributed by atoms with Crippen LogP contribution in [0.3, 0.4) is 0 Å². The Morgan fingerprint density at radius 2 is 2.05 bits per heavy atom. The zero-order valence-corrected chi connectivity index (χ0v) is 12.3. The van der Waals surface area contributed by atoms with Crippen molar-refractivity contribution >= 4 is 11.6 Å². The molecular weight excluding hydrogens is 288 g/mol. The smallest absolute Gasteiger partial charge is 0.117 e. The lowest BCUT2D eigenvalue weighted by atomic mass is 10.1. The fourth-order valence-electron chi connectivity index (χ4n) is 2.10. The number of benzene rings is 1. The lowest BCUT2D eigenvalue weighted by Gasteiger charge is -2.23. The maximum atomic E-state index is 10.3. The fourth-order valence-corrected chi connectivity index (χ4v) is 2.23. The van der Waals surface area contributed by atoms with Gasteiger partial charge in [-0.2, -0.15) is 5.26 Å². The van der Waals surface area contributed by atoms with E-state index in [1.165, 1.54) is 0 Å². The molecule has 1 aromatic heterocycles. The van der Waals surface area contributed by atoms with Crippen molar-refractivity contribution in [3.63, 3.8) is 0 Å². The van der Waals surface area contributed by atoms with E-state index in [9.17, 15) is 5.11 Å². The van der Waals surface area contributed by atoms with Crippen molar-refractivity contribution in [2.24, 2.45) is 0 Å². The lowest BCUT2D eigenvalue weighted by Crippen LogP contribution is -2.29. The summed E-state index contributed by atoms with van der Waals surface area (Å²) in [5, 5.41) is 19.7. The van der Waals surface area contributed by atoms with Gasteiger partial charge in [-0.05, 0) is 29.8 Å². The van der Waals surface area contributed by atoms with Crippen LogP contribution < -0.4 is 0 Å². The van der Waals surface area contributed by atoms with Crippen LogP contribution >= 0.6 is 11.6 Å². The highest BCUT2D eigenvalue weighted by molar-refractivity contribution is 6.30. The molecule has 0 fully saturated rings. The minimum absolute atomic E-state index is 0.411. The molecule has 0 aliphatic carbocycles. The molecule has 1 heterocycles. The normalized spacial score (nSPS) is 12.3. The van der Waals surface area contributed by atoms with Gasteiger partial charge in [0, 0.05) is 24.5 Å². The number of halogens is 1. The monoisotopic (exact) mass is 304 g/mol. The molecule has 1 N–H and O–H groups in total. The molecule has 2 aromatic rings. The minimum atomic E-state index is -0.629. The Morgan fingerprint density at radius 3 is 2.67 bits per heavy atom. The van der Waals surface area contributed by atoms with Crippen molar-refractivity contribution in [2.45, 2.75) is 19.1 Å². The van der Waals surface area contributed by atoms with Crippen LogP contribution in [0, 0.1) is 11.3 Å². The molecule has 5 heteroatoms. The first kappa shape index (κ1) is 15.6. The van der Waals surface area contributed by atoms with Crippen LogP contribution in [0.2, 0.25) is 5.02 Å². The molecule has 4 nitrogen and oxygen atoms in total. The third-order valence-electron chi connectivity index (χ3n) is 3.19. The van der Waals surface area contributed by atoms with Crippen LogP contribution in [0.5, 0.6) is 0 Å². The highest BCUT2D eigenvalue weighted by Gasteiger charge is 2.15. The van der Waals surface area contributed by atoms with E-state index in [2.05, 4.69) is 6.07 Å². The van der Waals surface area contributed by atoms with E-state index in [0.717, 1.165) is 11.3 Å². The van der Waals surface area contributed by atoms with Gasteiger partial charge in [0.15, 0.2) is 0 Å². The maximum absolute atomic E-state index is 10.3. The second-order valence-electron chi connectivity index (χ2n) is 4.79. The number of rotatable bonds is 7. The van der Waals surface area contributed by atoms with Crippen molar-refractivity contribution < 1.29 is 9.52 Å². The summed E-state index contributed by atoms with van der Waals surface area (Å²) in [6, 6.07) is 13.0. The third kappa shape index (κ3) is 4.91. The van der Waals surface area contributed by atoms with E-state index >= 15 is 0 Å². The number of aliphatic hydroxyl groups excluding tert-OH is 1. The molecule has 110 valence electrons. The molecule has 0 aliphatic rings. The van der Waals surface area contributed by atoms with Gasteiger partial charge in [-0.25, -0.2) is 0 Å². The quantitative estimate of drug-likeness (QED) is 0.852. The lowest BCUT2D eigenvalue weighted by molar-refractivity contribution is 0.106. The first-order chi connectivity index (χ1) is 10.2. The molecule has 0 amide bonds. The summed E-state index contributed by atoms with van der Waals surface area (Å²) in [4.78, 5) is 2.00. The Balaban J connectivity index is 1.99. The molecule has 0 spiro atoms. The summed E-state index contributed by atoms with van der Waals surface area (Å²) in [5.74, 6) is 0.816. The van der Waals surface area contributed by atoms with E-state index in [4.69, 9.17) is 21.3 Å². The molecule has 0 saturated heterocycles. The minimum Gasteiger partial charge on any atom is -0.468 e. The summed E-state index contributed by atoms with van der Waals surface area (Å²) in [6.45, 7) is 1.59. The standard InChI is InChI=1S/C16H17ClN2O2/c17-14-6-4-13(5-7-14)16(20)12-19(9-2-8-18)11-15-3-1-10-21-15/h1,3-7,10,16,20H,2,9,11-12H2. The SMILES string of the molecule is N#CCCN(Cc1ccco1)CC(O)c1ccc(Cl)cc1. The first-order valence-corrected chi connectivity index (χ1v) is 7.12. The second-order valence-corrected chi connectivity index (χ2v) is 5.23.